The third-order valence-corrected chi connectivity index (χ3v) is 0.983. The molecule has 0 saturated heterocycles. The molecular weight excluding hydrogens is 120 g/mol. The van der Waals surface area contributed by atoms with Crippen molar-refractivity contribution < 1.29 is 14.2 Å². The summed E-state index contributed by atoms with van der Waals surface area (Å²) in [6.07, 6.45) is 5.01. The molecule has 0 radical (unpaired) electrons. The molecule has 0 fully saturated rings. The van der Waals surface area contributed by atoms with Crippen molar-refractivity contribution in [2.24, 2.45) is 0 Å². The second-order valence-electron chi connectivity index (χ2n) is 1.31. The van der Waals surface area contributed by atoms with Gasteiger partial charge in [-0.3, -0.25) is 0 Å². The number of hydrogen-bond acceptors (Lipinski definition) is 3. The summed E-state index contributed by atoms with van der Waals surface area (Å²) >= 11 is 0. The zero-order valence-electron chi connectivity index (χ0n) is 5.80. The Hall–Kier alpha value is -0.560. The van der Waals surface area contributed by atoms with Crippen LogP contribution in [0.2, 0.25) is 0 Å². The highest BCUT2D eigenvalue weighted by Gasteiger charge is 2.25. The molecule has 0 aromatic heterocycles. The molecule has 9 heavy (non-hydrogen) atoms. The largest absolute Gasteiger partial charge is 0.352 e. The van der Waals surface area contributed by atoms with Crippen LogP contribution >= 0.6 is 0 Å². The van der Waals surface area contributed by atoms with E-state index in [4.69, 9.17) is 20.6 Å². The summed E-state index contributed by atoms with van der Waals surface area (Å²) in [5.41, 5.74) is 0. The van der Waals surface area contributed by atoms with E-state index in [9.17, 15) is 0 Å². The Morgan fingerprint density at radius 2 is 1.44 bits per heavy atom. The van der Waals surface area contributed by atoms with Crippen LogP contribution in [0.15, 0.2) is 0 Å². The van der Waals surface area contributed by atoms with E-state index in [2.05, 4.69) is 5.92 Å². The summed E-state index contributed by atoms with van der Waals surface area (Å²) in [7, 11) is 4.23. The molecule has 0 amide bonds. The zero-order chi connectivity index (χ0) is 7.33. The van der Waals surface area contributed by atoms with Crippen molar-refractivity contribution in [2.75, 3.05) is 21.3 Å². The third-order valence-electron chi connectivity index (χ3n) is 0.983. The summed E-state index contributed by atoms with van der Waals surface area (Å²) in [6.45, 7) is 0. The quantitative estimate of drug-likeness (QED) is 0.404. The molecule has 0 aliphatic heterocycles. The fraction of sp³-hybridized carbons (Fsp3) is 0.667. The van der Waals surface area contributed by atoms with Crippen LogP contribution in [0.5, 0.6) is 0 Å². The van der Waals surface area contributed by atoms with E-state index in [-0.39, 0.29) is 0 Å². The van der Waals surface area contributed by atoms with Crippen LogP contribution < -0.4 is 0 Å². The van der Waals surface area contributed by atoms with Crippen LogP contribution in [0.4, 0.5) is 0 Å². The lowest BCUT2D eigenvalue weighted by Gasteiger charge is -2.21. The summed E-state index contributed by atoms with van der Waals surface area (Å²) in [6, 6.07) is 0. The van der Waals surface area contributed by atoms with E-state index >= 15 is 0 Å². The molecule has 0 aromatic carbocycles. The molecule has 0 heterocycles. The molecule has 0 aliphatic carbocycles. The maximum absolute atomic E-state index is 5.01. The second-order valence-corrected chi connectivity index (χ2v) is 1.31. The lowest BCUT2D eigenvalue weighted by Crippen LogP contribution is -2.33. The maximum atomic E-state index is 5.01. The van der Waals surface area contributed by atoms with Crippen molar-refractivity contribution in [3.8, 4) is 12.3 Å². The van der Waals surface area contributed by atoms with E-state index in [1.54, 1.807) is 0 Å². The first-order valence-electron chi connectivity index (χ1n) is 2.38. The van der Waals surface area contributed by atoms with Crippen LogP contribution in [0.1, 0.15) is 0 Å². The second kappa shape index (κ2) is 3.46. The van der Waals surface area contributed by atoms with Gasteiger partial charge >= 0.3 is 5.97 Å². The van der Waals surface area contributed by atoms with Crippen LogP contribution in [-0.2, 0) is 14.2 Å². The Kier molecular flexibility index (Phi) is 3.25. The Morgan fingerprint density at radius 1 is 1.11 bits per heavy atom. The smallest absolute Gasteiger partial charge is 0.320 e. The topological polar surface area (TPSA) is 27.7 Å². The van der Waals surface area contributed by atoms with Gasteiger partial charge in [-0.15, -0.1) is 6.42 Å². The number of hydrogen-bond donors (Lipinski definition) is 0. The highest BCUT2D eigenvalue weighted by molar-refractivity contribution is 4.95. The van der Waals surface area contributed by atoms with E-state index in [0.717, 1.165) is 0 Å². The minimum absolute atomic E-state index is 1.31. The van der Waals surface area contributed by atoms with Gasteiger partial charge < -0.3 is 14.2 Å². The van der Waals surface area contributed by atoms with Gasteiger partial charge in [-0.1, -0.05) is 0 Å². The Balaban J connectivity index is 4.04. The average Bonchev–Trinajstić information content (AvgIpc) is 1.95. The fourth-order valence-corrected chi connectivity index (χ4v) is 0.427. The summed E-state index contributed by atoms with van der Waals surface area (Å²) < 4.78 is 14.1. The van der Waals surface area contributed by atoms with Crippen LogP contribution in [0.3, 0.4) is 0 Å². The summed E-state index contributed by atoms with van der Waals surface area (Å²) in [4.78, 5) is 0. The molecule has 0 saturated carbocycles. The maximum Gasteiger partial charge on any atom is 0.352 e. The molecule has 0 spiro atoms. The van der Waals surface area contributed by atoms with Crippen molar-refractivity contribution in [3.05, 3.63) is 0 Å². The lowest BCUT2D eigenvalue weighted by molar-refractivity contribution is -0.311. The lowest BCUT2D eigenvalue weighted by atomic mass is 10.6. The van der Waals surface area contributed by atoms with E-state index in [0.29, 0.717) is 0 Å². The van der Waals surface area contributed by atoms with Gasteiger partial charge in [-0.25, -0.2) is 0 Å². The van der Waals surface area contributed by atoms with E-state index < -0.39 is 5.97 Å². The number of ether oxygens (including phenoxy) is 3. The first kappa shape index (κ1) is 8.44. The molecule has 0 rings (SSSR count). The predicted molar refractivity (Wildman–Crippen MR) is 32.6 cm³/mol. The number of terminal acetylenes is 1. The Morgan fingerprint density at radius 3 is 1.44 bits per heavy atom. The first-order chi connectivity index (χ1) is 4.24. The molecule has 3 heteroatoms. The van der Waals surface area contributed by atoms with Crippen molar-refractivity contribution >= 4 is 0 Å². The van der Waals surface area contributed by atoms with Gasteiger partial charge in [0, 0.05) is 21.3 Å². The van der Waals surface area contributed by atoms with Gasteiger partial charge in [0.1, 0.15) is 0 Å². The normalized spacial score (nSPS) is 10.9. The Labute approximate surface area is 54.9 Å². The van der Waals surface area contributed by atoms with Gasteiger partial charge in [0.15, 0.2) is 0 Å². The number of methoxy groups -OCH3 is 3. The van der Waals surface area contributed by atoms with E-state index in [1.807, 2.05) is 0 Å². The van der Waals surface area contributed by atoms with Crippen molar-refractivity contribution in [1.82, 2.24) is 0 Å². The molecule has 0 aromatic rings. The van der Waals surface area contributed by atoms with Gasteiger partial charge in [0.25, 0.3) is 0 Å². The molecule has 0 N–H and O–H groups in total. The standard InChI is InChI=1S/C6H10O3/c1-5-6(7-2,8-3)9-4/h1H,2-4H3. The third kappa shape index (κ3) is 1.68. The zero-order valence-corrected chi connectivity index (χ0v) is 5.80. The average molecular weight is 130 g/mol. The van der Waals surface area contributed by atoms with Gasteiger partial charge in [0.05, 0.1) is 0 Å². The molecule has 0 atom stereocenters. The molecule has 0 aliphatic rings. The van der Waals surface area contributed by atoms with Gasteiger partial charge in [-0.05, 0) is 5.92 Å². The van der Waals surface area contributed by atoms with Crippen molar-refractivity contribution in [2.45, 2.75) is 5.97 Å². The van der Waals surface area contributed by atoms with Gasteiger partial charge in [0.2, 0.25) is 0 Å². The summed E-state index contributed by atoms with van der Waals surface area (Å²) in [5, 5.41) is 0. The highest BCUT2D eigenvalue weighted by atomic mass is 16.9. The molecule has 3 nitrogen and oxygen atoms in total. The van der Waals surface area contributed by atoms with Crippen molar-refractivity contribution in [1.29, 1.82) is 0 Å². The number of rotatable bonds is 3. The van der Waals surface area contributed by atoms with Gasteiger partial charge in [-0.2, -0.15) is 0 Å². The summed E-state index contributed by atoms with van der Waals surface area (Å²) in [5.74, 6) is 0.892. The SMILES string of the molecule is C#CC(OC)(OC)OC. The molecule has 0 unspecified atom stereocenters. The molecule has 52 valence electrons. The Bertz CT molecular complexity index is 102. The first-order valence-corrected chi connectivity index (χ1v) is 2.38. The minimum atomic E-state index is -1.31. The fourth-order valence-electron chi connectivity index (χ4n) is 0.427. The monoisotopic (exact) mass is 130 g/mol. The van der Waals surface area contributed by atoms with E-state index in [1.165, 1.54) is 21.3 Å². The molecular formula is C6H10O3. The predicted octanol–water partition coefficient (Wildman–Crippen LogP) is 0.213. The van der Waals surface area contributed by atoms with Crippen LogP contribution in [0, 0.1) is 12.3 Å². The van der Waals surface area contributed by atoms with Crippen LogP contribution in [-0.4, -0.2) is 27.3 Å². The molecule has 0 bridgehead atoms. The highest BCUT2D eigenvalue weighted by Crippen LogP contribution is 2.08. The van der Waals surface area contributed by atoms with Crippen molar-refractivity contribution in [3.63, 3.8) is 0 Å². The van der Waals surface area contributed by atoms with Crippen LogP contribution in [0.25, 0.3) is 0 Å². The minimum Gasteiger partial charge on any atom is -0.320 e.